The minimum atomic E-state index is -0.411. The van der Waals surface area contributed by atoms with E-state index in [1.807, 2.05) is 49.4 Å². The van der Waals surface area contributed by atoms with Crippen LogP contribution in [0.5, 0.6) is 11.5 Å². The van der Waals surface area contributed by atoms with Gasteiger partial charge in [0.25, 0.3) is 0 Å². The minimum Gasteiger partial charge on any atom is -0.426 e. The molecule has 0 N–H and O–H groups in total. The maximum absolute atomic E-state index is 13.1. The highest BCUT2D eigenvalue weighted by Crippen LogP contribution is 2.41. The number of ether oxygens (including phenoxy) is 2. The summed E-state index contributed by atoms with van der Waals surface area (Å²) in [7, 11) is 0. The molecule has 0 saturated heterocycles. The lowest BCUT2D eigenvalue weighted by molar-refractivity contribution is -0.131. The van der Waals surface area contributed by atoms with Crippen LogP contribution in [-0.2, 0) is 11.2 Å². The molecule has 44 heavy (non-hydrogen) atoms. The number of allylic oxidation sites excluding steroid dienone is 2. The van der Waals surface area contributed by atoms with Gasteiger partial charge in [-0.15, -0.1) is 0 Å². The smallest absolute Gasteiger partial charge is 0.343 e. The molecule has 0 amide bonds. The van der Waals surface area contributed by atoms with E-state index in [9.17, 15) is 9.59 Å². The van der Waals surface area contributed by atoms with Gasteiger partial charge in [-0.1, -0.05) is 127 Å². The van der Waals surface area contributed by atoms with Crippen LogP contribution in [0.15, 0.2) is 66.2 Å². The van der Waals surface area contributed by atoms with E-state index in [1.165, 1.54) is 63.9 Å². The van der Waals surface area contributed by atoms with Crippen molar-refractivity contribution in [2.75, 3.05) is 0 Å². The van der Waals surface area contributed by atoms with Crippen molar-refractivity contribution in [3.63, 3.8) is 0 Å². The van der Waals surface area contributed by atoms with Crippen molar-refractivity contribution >= 4 is 22.7 Å². The van der Waals surface area contributed by atoms with E-state index >= 15 is 0 Å². The third-order valence-electron chi connectivity index (χ3n) is 8.73. The SMILES string of the molecule is CC(=O)Oc1c(CC=C(C)CCCC(C)CCCC(C)CCCC(C)C)c(C)c(OC(=O)c2ccccc2)c2ccccc12. The molecule has 4 heteroatoms. The normalized spacial score (nSPS) is 13.2. The summed E-state index contributed by atoms with van der Waals surface area (Å²) >= 11 is 0. The van der Waals surface area contributed by atoms with Crippen molar-refractivity contribution in [3.05, 3.63) is 82.9 Å². The maximum Gasteiger partial charge on any atom is 0.343 e. The summed E-state index contributed by atoms with van der Waals surface area (Å²) in [5, 5.41) is 1.50. The number of benzene rings is 3. The van der Waals surface area contributed by atoms with E-state index in [-0.39, 0.29) is 5.97 Å². The zero-order valence-electron chi connectivity index (χ0n) is 28.2. The summed E-state index contributed by atoms with van der Waals surface area (Å²) in [6.45, 7) is 15.0. The molecule has 4 nitrogen and oxygen atoms in total. The third-order valence-corrected chi connectivity index (χ3v) is 8.73. The summed E-state index contributed by atoms with van der Waals surface area (Å²) in [4.78, 5) is 25.2. The molecule has 2 atom stereocenters. The Morgan fingerprint density at radius 1 is 0.705 bits per heavy atom. The zero-order valence-corrected chi connectivity index (χ0v) is 28.2. The van der Waals surface area contributed by atoms with Crippen LogP contribution in [0.1, 0.15) is 121 Å². The van der Waals surface area contributed by atoms with Crippen LogP contribution < -0.4 is 9.47 Å². The van der Waals surface area contributed by atoms with Crippen LogP contribution in [0.25, 0.3) is 10.8 Å². The molecule has 0 fully saturated rings. The molecule has 0 saturated carbocycles. The van der Waals surface area contributed by atoms with Gasteiger partial charge in [0, 0.05) is 23.3 Å². The fraction of sp³-hybridized carbons (Fsp3) is 0.500. The molecule has 0 radical (unpaired) electrons. The van der Waals surface area contributed by atoms with Crippen LogP contribution in [-0.4, -0.2) is 11.9 Å². The van der Waals surface area contributed by atoms with Crippen LogP contribution in [0.3, 0.4) is 0 Å². The van der Waals surface area contributed by atoms with Gasteiger partial charge < -0.3 is 9.47 Å². The van der Waals surface area contributed by atoms with E-state index in [4.69, 9.17) is 9.47 Å². The van der Waals surface area contributed by atoms with Gasteiger partial charge in [0.05, 0.1) is 5.56 Å². The fourth-order valence-corrected chi connectivity index (χ4v) is 6.00. The average Bonchev–Trinajstić information content (AvgIpc) is 2.98. The monoisotopic (exact) mass is 598 g/mol. The Morgan fingerprint density at radius 2 is 1.25 bits per heavy atom. The second-order valence-electron chi connectivity index (χ2n) is 13.3. The number of fused-ring (bicyclic) bond motifs is 1. The molecule has 0 heterocycles. The lowest BCUT2D eigenvalue weighted by Crippen LogP contribution is -2.12. The molecule has 0 spiro atoms. The molecular formula is C40H54O4. The standard InChI is InChI=1S/C40H54O4/c1-28(2)16-13-17-29(3)18-14-19-30(4)20-15-21-31(5)26-27-35-32(6)38(44-40(42)34-22-9-8-10-23-34)36-24-11-12-25-37(36)39(35)43-33(7)41/h8-12,22-26,28-30H,13-21,27H2,1-7H3. The molecule has 3 aromatic rings. The third kappa shape index (κ3) is 10.9. The molecular weight excluding hydrogens is 544 g/mol. The highest BCUT2D eigenvalue weighted by Gasteiger charge is 2.22. The Bertz CT molecular complexity index is 1390. The van der Waals surface area contributed by atoms with E-state index in [1.54, 1.807) is 12.1 Å². The van der Waals surface area contributed by atoms with Crippen molar-refractivity contribution in [2.45, 2.75) is 113 Å². The highest BCUT2D eigenvalue weighted by atomic mass is 16.5. The molecule has 0 aliphatic carbocycles. The van der Waals surface area contributed by atoms with Gasteiger partial charge in [0.2, 0.25) is 0 Å². The van der Waals surface area contributed by atoms with E-state index in [0.29, 0.717) is 23.5 Å². The first-order valence-corrected chi connectivity index (χ1v) is 16.7. The first-order chi connectivity index (χ1) is 21.1. The highest BCUT2D eigenvalue weighted by molar-refractivity contribution is 6.00. The fourth-order valence-electron chi connectivity index (χ4n) is 6.00. The Balaban J connectivity index is 1.67. The van der Waals surface area contributed by atoms with Crippen molar-refractivity contribution in [3.8, 4) is 11.5 Å². The molecule has 0 aliphatic heterocycles. The number of hydrogen-bond donors (Lipinski definition) is 0. The molecule has 3 rings (SSSR count). The number of rotatable bonds is 17. The first kappa shape index (κ1) is 35.1. The van der Waals surface area contributed by atoms with Gasteiger partial charge in [0.15, 0.2) is 0 Å². The molecule has 2 unspecified atom stereocenters. The minimum absolute atomic E-state index is 0.371. The van der Waals surface area contributed by atoms with E-state index in [2.05, 4.69) is 40.7 Å². The van der Waals surface area contributed by atoms with Crippen molar-refractivity contribution in [1.82, 2.24) is 0 Å². The average molecular weight is 599 g/mol. The lowest BCUT2D eigenvalue weighted by Gasteiger charge is -2.19. The molecule has 0 aromatic heterocycles. The van der Waals surface area contributed by atoms with Crippen LogP contribution in [0, 0.1) is 24.7 Å². The second-order valence-corrected chi connectivity index (χ2v) is 13.3. The summed E-state index contributed by atoms with van der Waals surface area (Å²) in [5.74, 6) is 2.66. The number of esters is 2. The lowest BCUT2D eigenvalue weighted by atomic mass is 9.91. The summed E-state index contributed by atoms with van der Waals surface area (Å²) in [5.41, 5.74) is 3.48. The molecule has 3 aromatic carbocycles. The van der Waals surface area contributed by atoms with Crippen LogP contribution in [0.4, 0.5) is 0 Å². The van der Waals surface area contributed by atoms with Gasteiger partial charge in [-0.3, -0.25) is 4.79 Å². The topological polar surface area (TPSA) is 52.6 Å². The second kappa shape index (κ2) is 17.8. The summed E-state index contributed by atoms with van der Waals surface area (Å²) in [6.07, 6.45) is 14.3. The van der Waals surface area contributed by atoms with E-state index in [0.717, 1.165) is 46.1 Å². The summed E-state index contributed by atoms with van der Waals surface area (Å²) < 4.78 is 11.8. The van der Waals surface area contributed by atoms with Gasteiger partial charge >= 0.3 is 11.9 Å². The van der Waals surface area contributed by atoms with Crippen molar-refractivity contribution in [2.24, 2.45) is 17.8 Å². The predicted octanol–water partition coefficient (Wildman–Crippen LogP) is 11.2. The molecule has 0 aliphatic rings. The van der Waals surface area contributed by atoms with Gasteiger partial charge in [0.1, 0.15) is 11.5 Å². The number of hydrogen-bond acceptors (Lipinski definition) is 4. The Hall–Kier alpha value is -3.40. The van der Waals surface area contributed by atoms with E-state index < -0.39 is 5.97 Å². The quantitative estimate of drug-likeness (QED) is 0.0881. The number of carbonyl (C=O) groups is 2. The van der Waals surface area contributed by atoms with Gasteiger partial charge in [-0.25, -0.2) is 4.79 Å². The Labute approximate surface area is 266 Å². The van der Waals surface area contributed by atoms with Gasteiger partial charge in [-0.2, -0.15) is 0 Å². The zero-order chi connectivity index (χ0) is 32.1. The maximum atomic E-state index is 13.1. The van der Waals surface area contributed by atoms with Crippen molar-refractivity contribution < 1.29 is 19.1 Å². The largest absolute Gasteiger partial charge is 0.426 e. The van der Waals surface area contributed by atoms with Gasteiger partial charge in [-0.05, 0) is 68.6 Å². The molecule has 238 valence electrons. The summed E-state index contributed by atoms with van der Waals surface area (Å²) in [6, 6.07) is 16.6. The molecule has 0 bridgehead atoms. The Kier molecular flexibility index (Phi) is 14.2. The van der Waals surface area contributed by atoms with Crippen molar-refractivity contribution in [1.29, 1.82) is 0 Å². The van der Waals surface area contributed by atoms with Crippen LogP contribution in [0.2, 0.25) is 0 Å². The van der Waals surface area contributed by atoms with Crippen LogP contribution >= 0.6 is 0 Å². The number of carbonyl (C=O) groups excluding carboxylic acids is 2. The first-order valence-electron chi connectivity index (χ1n) is 16.7. The predicted molar refractivity (Wildman–Crippen MR) is 184 cm³/mol. The Morgan fingerprint density at radius 3 is 1.84 bits per heavy atom.